The maximum atomic E-state index is 13.1. The molecule has 1 aromatic carbocycles. The zero-order valence-electron chi connectivity index (χ0n) is 8.91. The Labute approximate surface area is 93.6 Å². The fourth-order valence-corrected chi connectivity index (χ4v) is 2.22. The smallest absolute Gasteiger partial charge is 0.161 e. The second-order valence-corrected chi connectivity index (χ2v) is 4.20. The number of hydrogen-bond donors (Lipinski definition) is 1. The maximum absolute atomic E-state index is 13.1. The highest BCUT2D eigenvalue weighted by molar-refractivity contribution is 5.44. The fraction of sp³-hybridized carbons (Fsp3) is 0.500. The fourth-order valence-electron chi connectivity index (χ4n) is 2.22. The minimum atomic E-state index is -0.738. The molecule has 4 heteroatoms. The molecule has 2 aliphatic heterocycles. The Morgan fingerprint density at radius 1 is 1.19 bits per heavy atom. The monoisotopic (exact) mass is 223 g/mol. The Kier molecular flexibility index (Phi) is 2.44. The lowest BCUT2D eigenvalue weighted by atomic mass is 10.0. The van der Waals surface area contributed by atoms with E-state index in [1.807, 2.05) is 18.2 Å². The van der Waals surface area contributed by atoms with Gasteiger partial charge in [-0.15, -0.1) is 0 Å². The van der Waals surface area contributed by atoms with E-state index in [9.17, 15) is 4.39 Å². The molecule has 0 bridgehead atoms. The summed E-state index contributed by atoms with van der Waals surface area (Å²) in [5.74, 6) is 1.55. The second-order valence-electron chi connectivity index (χ2n) is 4.20. The van der Waals surface area contributed by atoms with E-state index >= 15 is 0 Å². The molecule has 3 nitrogen and oxygen atoms in total. The Bertz CT molecular complexity index is 397. The number of ether oxygens (including phenoxy) is 2. The highest BCUT2D eigenvalue weighted by Crippen LogP contribution is 2.34. The van der Waals surface area contributed by atoms with Gasteiger partial charge in [-0.1, -0.05) is 6.07 Å². The highest BCUT2D eigenvalue weighted by atomic mass is 19.1. The van der Waals surface area contributed by atoms with Crippen LogP contribution in [0.25, 0.3) is 0 Å². The summed E-state index contributed by atoms with van der Waals surface area (Å²) in [5, 5.41) is 3.16. The van der Waals surface area contributed by atoms with Crippen LogP contribution in [0.4, 0.5) is 4.39 Å². The van der Waals surface area contributed by atoms with E-state index in [-0.39, 0.29) is 6.04 Å². The van der Waals surface area contributed by atoms with Crippen LogP contribution in [0.2, 0.25) is 0 Å². The molecule has 1 saturated heterocycles. The van der Waals surface area contributed by atoms with Crippen molar-refractivity contribution in [2.45, 2.75) is 18.6 Å². The number of hydrogen-bond acceptors (Lipinski definition) is 3. The molecular formula is C12H14FNO2. The van der Waals surface area contributed by atoms with Gasteiger partial charge in [0, 0.05) is 12.6 Å². The number of halogens is 1. The van der Waals surface area contributed by atoms with E-state index in [0.29, 0.717) is 26.2 Å². The van der Waals surface area contributed by atoms with Crippen molar-refractivity contribution < 1.29 is 13.9 Å². The lowest BCUT2D eigenvalue weighted by molar-refractivity contribution is 0.171. The number of rotatable bonds is 1. The van der Waals surface area contributed by atoms with Crippen LogP contribution in [0.15, 0.2) is 18.2 Å². The van der Waals surface area contributed by atoms with Crippen LogP contribution in [0.5, 0.6) is 11.5 Å². The molecule has 3 rings (SSSR count). The Morgan fingerprint density at radius 3 is 2.75 bits per heavy atom. The number of nitrogens with one attached hydrogen (secondary N) is 1. The maximum Gasteiger partial charge on any atom is 0.161 e. The van der Waals surface area contributed by atoms with Gasteiger partial charge in [0.1, 0.15) is 19.4 Å². The molecule has 0 aromatic heterocycles. The largest absolute Gasteiger partial charge is 0.486 e. The normalized spacial score (nSPS) is 28.1. The first-order chi connectivity index (χ1) is 7.83. The first-order valence-electron chi connectivity index (χ1n) is 5.60. The van der Waals surface area contributed by atoms with E-state index in [1.165, 1.54) is 0 Å². The van der Waals surface area contributed by atoms with Crippen molar-refractivity contribution >= 4 is 0 Å². The molecule has 86 valence electrons. The van der Waals surface area contributed by atoms with E-state index in [4.69, 9.17) is 9.47 Å². The van der Waals surface area contributed by atoms with Crippen LogP contribution < -0.4 is 14.8 Å². The Balaban J connectivity index is 1.85. The summed E-state index contributed by atoms with van der Waals surface area (Å²) in [5.41, 5.74) is 1.07. The summed E-state index contributed by atoms with van der Waals surface area (Å²) < 4.78 is 24.0. The molecule has 1 N–H and O–H groups in total. The molecule has 16 heavy (non-hydrogen) atoms. The second kappa shape index (κ2) is 3.94. The molecule has 1 aromatic rings. The van der Waals surface area contributed by atoms with Crippen molar-refractivity contribution in [3.05, 3.63) is 23.8 Å². The van der Waals surface area contributed by atoms with Gasteiger partial charge in [0.25, 0.3) is 0 Å². The minimum Gasteiger partial charge on any atom is -0.486 e. The van der Waals surface area contributed by atoms with Crippen LogP contribution in [-0.2, 0) is 0 Å². The summed E-state index contributed by atoms with van der Waals surface area (Å²) in [6, 6.07) is 5.93. The minimum absolute atomic E-state index is 0.103. The zero-order chi connectivity index (χ0) is 11.0. The Morgan fingerprint density at radius 2 is 2.00 bits per heavy atom. The van der Waals surface area contributed by atoms with Crippen molar-refractivity contribution in [1.29, 1.82) is 0 Å². The summed E-state index contributed by atoms with van der Waals surface area (Å²) in [4.78, 5) is 0. The van der Waals surface area contributed by atoms with Gasteiger partial charge in [-0.05, 0) is 24.1 Å². The Hall–Kier alpha value is -1.29. The average molecular weight is 223 g/mol. The van der Waals surface area contributed by atoms with Gasteiger partial charge in [0.2, 0.25) is 0 Å². The van der Waals surface area contributed by atoms with E-state index < -0.39 is 6.17 Å². The topological polar surface area (TPSA) is 30.5 Å². The van der Waals surface area contributed by atoms with E-state index in [1.54, 1.807) is 0 Å². The van der Waals surface area contributed by atoms with Gasteiger partial charge in [-0.3, -0.25) is 0 Å². The average Bonchev–Trinajstić information content (AvgIpc) is 2.75. The van der Waals surface area contributed by atoms with Crippen LogP contribution in [-0.4, -0.2) is 25.9 Å². The van der Waals surface area contributed by atoms with Crippen LogP contribution in [0, 0.1) is 0 Å². The molecule has 0 spiro atoms. The number of fused-ring (bicyclic) bond motifs is 1. The first-order valence-corrected chi connectivity index (χ1v) is 5.60. The molecule has 2 heterocycles. The van der Waals surface area contributed by atoms with Gasteiger partial charge in [0.15, 0.2) is 11.5 Å². The van der Waals surface area contributed by atoms with Crippen molar-refractivity contribution in [3.63, 3.8) is 0 Å². The standard InChI is InChI=1S/C12H14FNO2/c13-9-6-10(14-7-9)8-1-2-11-12(5-8)16-4-3-15-11/h1-2,5,9-10,14H,3-4,6-7H2. The zero-order valence-corrected chi connectivity index (χ0v) is 8.91. The lowest BCUT2D eigenvalue weighted by Gasteiger charge is -2.20. The third kappa shape index (κ3) is 1.73. The van der Waals surface area contributed by atoms with Crippen molar-refractivity contribution in [1.82, 2.24) is 5.32 Å². The third-order valence-corrected chi connectivity index (χ3v) is 3.05. The summed E-state index contributed by atoms with van der Waals surface area (Å²) in [7, 11) is 0. The molecule has 0 saturated carbocycles. The number of alkyl halides is 1. The van der Waals surface area contributed by atoms with Gasteiger partial charge >= 0.3 is 0 Å². The van der Waals surface area contributed by atoms with Crippen molar-refractivity contribution in [2.75, 3.05) is 19.8 Å². The van der Waals surface area contributed by atoms with E-state index in [2.05, 4.69) is 5.32 Å². The molecule has 2 aliphatic rings. The van der Waals surface area contributed by atoms with Crippen LogP contribution in [0.3, 0.4) is 0 Å². The SMILES string of the molecule is FC1CNC(c2ccc3c(c2)OCCO3)C1. The third-order valence-electron chi connectivity index (χ3n) is 3.05. The molecule has 0 aliphatic carbocycles. The predicted molar refractivity (Wildman–Crippen MR) is 57.7 cm³/mol. The van der Waals surface area contributed by atoms with Crippen molar-refractivity contribution in [3.8, 4) is 11.5 Å². The quantitative estimate of drug-likeness (QED) is 0.788. The van der Waals surface area contributed by atoms with E-state index in [0.717, 1.165) is 17.1 Å². The summed E-state index contributed by atoms with van der Waals surface area (Å²) in [6.07, 6.45) is -0.196. The molecule has 2 atom stereocenters. The molecule has 1 fully saturated rings. The molecule has 0 amide bonds. The molecule has 2 unspecified atom stereocenters. The van der Waals surface area contributed by atoms with Gasteiger partial charge in [0.05, 0.1) is 0 Å². The summed E-state index contributed by atoms with van der Waals surface area (Å²) >= 11 is 0. The van der Waals surface area contributed by atoms with Gasteiger partial charge < -0.3 is 14.8 Å². The van der Waals surface area contributed by atoms with Crippen LogP contribution >= 0.6 is 0 Å². The van der Waals surface area contributed by atoms with Crippen molar-refractivity contribution in [2.24, 2.45) is 0 Å². The molecular weight excluding hydrogens is 209 g/mol. The van der Waals surface area contributed by atoms with Gasteiger partial charge in [-0.2, -0.15) is 0 Å². The van der Waals surface area contributed by atoms with Crippen LogP contribution in [0.1, 0.15) is 18.0 Å². The summed E-state index contributed by atoms with van der Waals surface area (Å²) in [6.45, 7) is 1.62. The number of benzene rings is 1. The molecule has 0 radical (unpaired) electrons. The lowest BCUT2D eigenvalue weighted by Crippen LogP contribution is -2.17. The first kappa shape index (κ1) is 9.90. The van der Waals surface area contributed by atoms with Gasteiger partial charge in [-0.25, -0.2) is 4.39 Å². The highest BCUT2D eigenvalue weighted by Gasteiger charge is 2.25. The predicted octanol–water partition coefficient (Wildman–Crippen LogP) is 1.83.